The molecule has 0 spiro atoms. The van der Waals surface area contributed by atoms with Gasteiger partial charge in [-0.3, -0.25) is 0 Å². The number of aryl methyl sites for hydroxylation is 2. The first-order chi connectivity index (χ1) is 21.8. The number of benzene rings is 5. The molecule has 1 heteroatoms. The van der Waals surface area contributed by atoms with E-state index in [1.807, 2.05) is 12.2 Å². The molecule has 2 aliphatic carbocycles. The zero-order valence-electron chi connectivity index (χ0n) is 24.6. The lowest BCUT2D eigenvalue weighted by molar-refractivity contribution is 0.621. The van der Waals surface area contributed by atoms with Gasteiger partial charge >= 0.3 is 0 Å². The first-order valence-corrected chi connectivity index (χ1v) is 15.4. The van der Waals surface area contributed by atoms with E-state index in [-0.39, 0.29) is 0 Å². The van der Waals surface area contributed by atoms with Crippen LogP contribution in [0.5, 0.6) is 0 Å². The van der Waals surface area contributed by atoms with Crippen molar-refractivity contribution in [1.29, 1.82) is 0 Å². The Kier molecular flexibility index (Phi) is 6.57. The van der Waals surface area contributed by atoms with Crippen LogP contribution in [0.3, 0.4) is 0 Å². The van der Waals surface area contributed by atoms with E-state index in [1.54, 1.807) is 0 Å². The molecule has 0 unspecified atom stereocenters. The average molecular weight is 565 g/mol. The van der Waals surface area contributed by atoms with Crippen molar-refractivity contribution in [1.82, 2.24) is 0 Å². The Bertz CT molecular complexity index is 2260. The zero-order chi connectivity index (χ0) is 29.5. The SMILES string of the molecule is C=C/C=C\C=C1/CC(c2ccc3oc4c(c3c2)CCc2ccccc2-4)=c2ccccc2=C1c1ccccc1-c1ccccc1. The van der Waals surface area contributed by atoms with E-state index < -0.39 is 0 Å². The maximum atomic E-state index is 6.50. The smallest absolute Gasteiger partial charge is 0.138 e. The summed E-state index contributed by atoms with van der Waals surface area (Å²) in [5, 5.41) is 3.79. The fourth-order valence-corrected chi connectivity index (χ4v) is 7.07. The molecule has 210 valence electrons. The van der Waals surface area contributed by atoms with Gasteiger partial charge in [-0.2, -0.15) is 0 Å². The highest BCUT2D eigenvalue weighted by atomic mass is 16.3. The fraction of sp³-hybridized carbons (Fsp3) is 0.0698. The fourth-order valence-electron chi connectivity index (χ4n) is 7.07. The minimum atomic E-state index is 0.825. The molecule has 0 N–H and O–H groups in total. The number of rotatable bonds is 5. The summed E-state index contributed by atoms with van der Waals surface area (Å²) in [4.78, 5) is 0. The molecule has 0 saturated heterocycles. The summed E-state index contributed by atoms with van der Waals surface area (Å²) in [5.41, 5.74) is 13.8. The Morgan fingerprint density at radius 3 is 2.18 bits per heavy atom. The first-order valence-electron chi connectivity index (χ1n) is 15.4. The van der Waals surface area contributed by atoms with Gasteiger partial charge in [0, 0.05) is 16.5 Å². The molecular formula is C43H32O. The Hall–Kier alpha value is -5.40. The Morgan fingerprint density at radius 2 is 1.34 bits per heavy atom. The predicted octanol–water partition coefficient (Wildman–Crippen LogP) is 9.34. The van der Waals surface area contributed by atoms with Crippen LogP contribution in [-0.2, 0) is 12.8 Å². The third-order valence-electron chi connectivity index (χ3n) is 9.08. The second-order valence-corrected chi connectivity index (χ2v) is 11.6. The molecule has 6 aromatic rings. The molecule has 0 radical (unpaired) electrons. The van der Waals surface area contributed by atoms with E-state index in [0.29, 0.717) is 0 Å². The number of allylic oxidation sites excluding steroid dienone is 5. The van der Waals surface area contributed by atoms with Crippen molar-refractivity contribution in [2.45, 2.75) is 19.3 Å². The zero-order valence-corrected chi connectivity index (χ0v) is 24.6. The van der Waals surface area contributed by atoms with Crippen molar-refractivity contribution in [2.24, 2.45) is 0 Å². The predicted molar refractivity (Wildman–Crippen MR) is 184 cm³/mol. The summed E-state index contributed by atoms with van der Waals surface area (Å²) in [6.45, 7) is 3.91. The van der Waals surface area contributed by atoms with Crippen LogP contribution in [0, 0.1) is 0 Å². The number of fused-ring (bicyclic) bond motifs is 6. The van der Waals surface area contributed by atoms with Crippen LogP contribution in [0.2, 0.25) is 0 Å². The topological polar surface area (TPSA) is 13.1 Å². The summed E-state index contributed by atoms with van der Waals surface area (Å²) in [7, 11) is 0. The molecular weight excluding hydrogens is 532 g/mol. The molecule has 1 heterocycles. The van der Waals surface area contributed by atoms with Gasteiger partial charge in [0.05, 0.1) is 0 Å². The molecule has 5 aromatic carbocycles. The van der Waals surface area contributed by atoms with E-state index in [0.717, 1.165) is 30.6 Å². The molecule has 2 aliphatic rings. The third kappa shape index (κ3) is 4.41. The van der Waals surface area contributed by atoms with Gasteiger partial charge in [-0.1, -0.05) is 140 Å². The van der Waals surface area contributed by atoms with E-state index in [2.05, 4.69) is 140 Å². The van der Waals surface area contributed by atoms with Gasteiger partial charge in [0.15, 0.2) is 0 Å². The Labute approximate surface area is 258 Å². The number of furan rings is 1. The van der Waals surface area contributed by atoms with Crippen molar-refractivity contribution in [3.63, 3.8) is 0 Å². The second-order valence-electron chi connectivity index (χ2n) is 11.6. The quantitative estimate of drug-likeness (QED) is 0.190. The van der Waals surface area contributed by atoms with Crippen LogP contribution in [-0.4, -0.2) is 0 Å². The molecule has 0 saturated carbocycles. The van der Waals surface area contributed by atoms with Crippen LogP contribution >= 0.6 is 0 Å². The molecule has 0 amide bonds. The lowest BCUT2D eigenvalue weighted by Gasteiger charge is -2.23. The van der Waals surface area contributed by atoms with E-state index in [1.165, 1.54) is 71.5 Å². The average Bonchev–Trinajstić information content (AvgIpc) is 3.47. The monoisotopic (exact) mass is 564 g/mol. The summed E-state index contributed by atoms with van der Waals surface area (Å²) < 4.78 is 6.50. The highest BCUT2D eigenvalue weighted by molar-refractivity contribution is 5.95. The van der Waals surface area contributed by atoms with Crippen molar-refractivity contribution in [2.75, 3.05) is 0 Å². The van der Waals surface area contributed by atoms with Crippen molar-refractivity contribution in [3.8, 4) is 22.5 Å². The van der Waals surface area contributed by atoms with Gasteiger partial charge in [-0.05, 0) is 86.4 Å². The van der Waals surface area contributed by atoms with Crippen LogP contribution in [0.1, 0.15) is 28.7 Å². The van der Waals surface area contributed by atoms with Crippen LogP contribution in [0.25, 0.3) is 44.6 Å². The molecule has 0 bridgehead atoms. The number of hydrogen-bond acceptors (Lipinski definition) is 1. The first kappa shape index (κ1) is 26.2. The highest BCUT2D eigenvalue weighted by Gasteiger charge is 2.25. The van der Waals surface area contributed by atoms with Crippen molar-refractivity contribution < 1.29 is 4.42 Å². The van der Waals surface area contributed by atoms with Crippen molar-refractivity contribution in [3.05, 3.63) is 190 Å². The molecule has 8 rings (SSSR count). The van der Waals surface area contributed by atoms with Gasteiger partial charge in [-0.15, -0.1) is 0 Å². The summed E-state index contributed by atoms with van der Waals surface area (Å²) in [5.74, 6) is 1.04. The normalized spacial score (nSPS) is 15.0. The molecule has 0 aliphatic heterocycles. The maximum Gasteiger partial charge on any atom is 0.138 e. The number of hydrogen-bond donors (Lipinski definition) is 0. The highest BCUT2D eigenvalue weighted by Crippen LogP contribution is 2.42. The van der Waals surface area contributed by atoms with Gasteiger partial charge < -0.3 is 4.42 Å². The van der Waals surface area contributed by atoms with Gasteiger partial charge in [-0.25, -0.2) is 0 Å². The minimum absolute atomic E-state index is 0.825. The van der Waals surface area contributed by atoms with Crippen LogP contribution in [0.15, 0.2) is 162 Å². The van der Waals surface area contributed by atoms with E-state index >= 15 is 0 Å². The minimum Gasteiger partial charge on any atom is -0.456 e. The third-order valence-corrected chi connectivity index (χ3v) is 9.08. The van der Waals surface area contributed by atoms with E-state index in [4.69, 9.17) is 4.42 Å². The maximum absolute atomic E-state index is 6.50. The lowest BCUT2D eigenvalue weighted by Crippen LogP contribution is -2.33. The Balaban J connectivity index is 1.39. The van der Waals surface area contributed by atoms with Gasteiger partial charge in [0.1, 0.15) is 11.3 Å². The largest absolute Gasteiger partial charge is 0.456 e. The summed E-state index contributed by atoms with van der Waals surface area (Å²) in [6, 6.07) is 43.9. The summed E-state index contributed by atoms with van der Waals surface area (Å²) >= 11 is 0. The Morgan fingerprint density at radius 1 is 0.614 bits per heavy atom. The van der Waals surface area contributed by atoms with Crippen LogP contribution in [0.4, 0.5) is 0 Å². The summed E-state index contributed by atoms with van der Waals surface area (Å²) in [6.07, 6.45) is 11.1. The van der Waals surface area contributed by atoms with E-state index in [9.17, 15) is 0 Å². The van der Waals surface area contributed by atoms with Gasteiger partial charge in [0.2, 0.25) is 0 Å². The van der Waals surface area contributed by atoms with Gasteiger partial charge in [0.25, 0.3) is 0 Å². The van der Waals surface area contributed by atoms with Crippen LogP contribution < -0.4 is 10.4 Å². The second kappa shape index (κ2) is 11.0. The molecule has 0 fully saturated rings. The standard InChI is InChI=1S/C43H32O/c1-2-3-5-17-32-28-39(31-24-26-41-40(27-31)38-25-23-30-16-8-9-19-34(30)43(38)44-41)35-20-11-13-22-37(35)42(32)36-21-12-10-18-33(36)29-14-6-4-7-15-29/h2-22,24,26-27H,1,23,25,28H2/b5-3-,32-17+. The molecule has 1 aromatic heterocycles. The molecule has 1 nitrogen and oxygen atoms in total. The molecule has 44 heavy (non-hydrogen) atoms. The lowest BCUT2D eigenvalue weighted by atomic mass is 9.80. The molecule has 0 atom stereocenters. The van der Waals surface area contributed by atoms with Crippen molar-refractivity contribution >= 4 is 22.1 Å².